The minimum Gasteiger partial charge on any atom is -0.497 e. The Kier molecular flexibility index (Phi) is 5.55. The molecule has 3 rings (SSSR count). The molecular weight excluding hydrogens is 392 g/mol. The zero-order valence-corrected chi connectivity index (χ0v) is 16.0. The van der Waals surface area contributed by atoms with Gasteiger partial charge in [-0.3, -0.25) is 10.1 Å². The molecule has 0 atom stereocenters. The van der Waals surface area contributed by atoms with E-state index in [1.807, 2.05) is 6.07 Å². The third-order valence-electron chi connectivity index (χ3n) is 4.20. The van der Waals surface area contributed by atoms with Crippen molar-refractivity contribution in [3.63, 3.8) is 0 Å². The van der Waals surface area contributed by atoms with Gasteiger partial charge in [-0.2, -0.15) is 5.26 Å². The Hall–Kier alpha value is -4.52. The molecule has 0 spiro atoms. The molecule has 0 radical (unpaired) electrons. The first-order valence-corrected chi connectivity index (χ1v) is 8.49. The van der Waals surface area contributed by atoms with Crippen LogP contribution in [0.2, 0.25) is 0 Å². The highest BCUT2D eigenvalue weighted by Gasteiger charge is 2.23. The molecule has 10 nitrogen and oxygen atoms in total. The standard InChI is InChI=1S/C20H16N4O6/c1-28-15-3-5-16(6-4-15)30-17-8-13(7-14(9-17)24(26)27)23-11-12(10-21)18(22)19(23)20(25)29-2/h3-9,11H,22H2,1-2H3. The maximum atomic E-state index is 12.2. The number of nitro groups is 1. The van der Waals surface area contributed by atoms with Gasteiger partial charge < -0.3 is 24.5 Å². The lowest BCUT2D eigenvalue weighted by Gasteiger charge is -2.11. The lowest BCUT2D eigenvalue weighted by Crippen LogP contribution is -2.11. The van der Waals surface area contributed by atoms with Gasteiger partial charge in [0.25, 0.3) is 5.69 Å². The lowest BCUT2D eigenvalue weighted by molar-refractivity contribution is -0.384. The molecule has 0 aliphatic heterocycles. The highest BCUT2D eigenvalue weighted by molar-refractivity contribution is 5.96. The minimum atomic E-state index is -0.793. The molecule has 1 aromatic heterocycles. The van der Waals surface area contributed by atoms with E-state index in [1.54, 1.807) is 24.3 Å². The van der Waals surface area contributed by atoms with Crippen molar-refractivity contribution in [1.29, 1.82) is 5.26 Å². The number of methoxy groups -OCH3 is 2. The zero-order valence-electron chi connectivity index (χ0n) is 16.0. The summed E-state index contributed by atoms with van der Waals surface area (Å²) in [5.74, 6) is 0.390. The molecular formula is C20H16N4O6. The van der Waals surface area contributed by atoms with Crippen LogP contribution in [0.3, 0.4) is 0 Å². The van der Waals surface area contributed by atoms with Crippen molar-refractivity contribution in [3.05, 3.63) is 70.0 Å². The topological polar surface area (TPSA) is 143 Å². The highest BCUT2D eigenvalue weighted by Crippen LogP contribution is 2.32. The van der Waals surface area contributed by atoms with Crippen molar-refractivity contribution < 1.29 is 23.9 Å². The number of nitrogens with two attached hydrogens (primary N) is 1. The zero-order chi connectivity index (χ0) is 21.8. The van der Waals surface area contributed by atoms with E-state index >= 15 is 0 Å². The van der Waals surface area contributed by atoms with Gasteiger partial charge in [-0.15, -0.1) is 0 Å². The number of aromatic nitrogens is 1. The van der Waals surface area contributed by atoms with Crippen LogP contribution < -0.4 is 15.2 Å². The van der Waals surface area contributed by atoms with Crippen LogP contribution in [0.15, 0.2) is 48.7 Å². The van der Waals surface area contributed by atoms with Gasteiger partial charge in [-0.1, -0.05) is 0 Å². The number of benzene rings is 2. The normalized spacial score (nSPS) is 10.2. The van der Waals surface area contributed by atoms with Crippen molar-refractivity contribution in [2.45, 2.75) is 0 Å². The quantitative estimate of drug-likeness (QED) is 0.371. The summed E-state index contributed by atoms with van der Waals surface area (Å²) in [4.78, 5) is 23.0. The molecule has 10 heteroatoms. The second kappa shape index (κ2) is 8.24. The van der Waals surface area contributed by atoms with E-state index in [0.29, 0.717) is 11.5 Å². The smallest absolute Gasteiger partial charge is 0.357 e. The average molecular weight is 408 g/mol. The number of ether oxygens (including phenoxy) is 3. The molecule has 2 aromatic carbocycles. The first-order valence-electron chi connectivity index (χ1n) is 8.49. The molecule has 1 heterocycles. The van der Waals surface area contributed by atoms with Crippen LogP contribution in [0, 0.1) is 21.4 Å². The largest absolute Gasteiger partial charge is 0.497 e. The summed E-state index contributed by atoms with van der Waals surface area (Å²) in [6.07, 6.45) is 1.30. The van der Waals surface area contributed by atoms with Crippen LogP contribution in [0.5, 0.6) is 17.2 Å². The monoisotopic (exact) mass is 408 g/mol. The second-order valence-electron chi connectivity index (χ2n) is 6.00. The fraction of sp³-hybridized carbons (Fsp3) is 0.100. The van der Waals surface area contributed by atoms with E-state index < -0.39 is 10.9 Å². The average Bonchev–Trinajstić information content (AvgIpc) is 3.09. The van der Waals surface area contributed by atoms with Gasteiger partial charge in [0.2, 0.25) is 0 Å². The highest BCUT2D eigenvalue weighted by atomic mass is 16.6. The van der Waals surface area contributed by atoms with Gasteiger partial charge in [0.05, 0.1) is 42.1 Å². The summed E-state index contributed by atoms with van der Waals surface area (Å²) >= 11 is 0. The summed E-state index contributed by atoms with van der Waals surface area (Å²) in [5.41, 5.74) is 5.63. The van der Waals surface area contributed by atoms with Crippen LogP contribution in [-0.4, -0.2) is 29.7 Å². The van der Waals surface area contributed by atoms with Crippen LogP contribution in [0.4, 0.5) is 11.4 Å². The third kappa shape index (κ3) is 3.85. The van der Waals surface area contributed by atoms with Gasteiger partial charge in [-0.05, 0) is 24.3 Å². The Morgan fingerprint density at radius 1 is 1.13 bits per heavy atom. The summed E-state index contributed by atoms with van der Waals surface area (Å²) in [7, 11) is 2.69. The van der Waals surface area contributed by atoms with E-state index in [0.717, 1.165) is 7.11 Å². The molecule has 0 saturated carbocycles. The summed E-state index contributed by atoms with van der Waals surface area (Å²) < 4.78 is 16.8. The van der Waals surface area contributed by atoms with Gasteiger partial charge >= 0.3 is 5.97 Å². The summed E-state index contributed by atoms with van der Waals surface area (Å²) in [6, 6.07) is 12.4. The molecule has 0 amide bonds. The predicted molar refractivity (Wildman–Crippen MR) is 106 cm³/mol. The Morgan fingerprint density at radius 3 is 2.37 bits per heavy atom. The van der Waals surface area contributed by atoms with E-state index in [1.165, 1.54) is 36.1 Å². The number of nitriles is 1. The number of nitrogen functional groups attached to an aromatic ring is 1. The molecule has 0 unspecified atom stereocenters. The second-order valence-corrected chi connectivity index (χ2v) is 6.00. The van der Waals surface area contributed by atoms with Crippen LogP contribution >= 0.6 is 0 Å². The van der Waals surface area contributed by atoms with Crippen LogP contribution in [0.25, 0.3) is 5.69 Å². The van der Waals surface area contributed by atoms with Gasteiger partial charge in [0, 0.05) is 18.3 Å². The van der Waals surface area contributed by atoms with Crippen molar-refractivity contribution in [2.75, 3.05) is 20.0 Å². The predicted octanol–water partition coefficient (Wildman–Crippen LogP) is 3.43. The van der Waals surface area contributed by atoms with Crippen LogP contribution in [0.1, 0.15) is 16.1 Å². The fourth-order valence-electron chi connectivity index (χ4n) is 2.77. The lowest BCUT2D eigenvalue weighted by atomic mass is 10.2. The number of esters is 1. The Bertz CT molecular complexity index is 1160. The molecule has 152 valence electrons. The Balaban J connectivity index is 2.13. The minimum absolute atomic E-state index is 0.0273. The Labute approximate surface area is 170 Å². The van der Waals surface area contributed by atoms with E-state index in [-0.39, 0.29) is 34.1 Å². The number of non-ortho nitro benzene ring substituents is 1. The van der Waals surface area contributed by atoms with Gasteiger partial charge in [0.15, 0.2) is 5.69 Å². The van der Waals surface area contributed by atoms with Crippen molar-refractivity contribution in [1.82, 2.24) is 4.57 Å². The first kappa shape index (κ1) is 20.2. The maximum Gasteiger partial charge on any atom is 0.357 e. The maximum absolute atomic E-state index is 12.2. The fourth-order valence-corrected chi connectivity index (χ4v) is 2.77. The molecule has 0 saturated heterocycles. The molecule has 0 fully saturated rings. The molecule has 0 aliphatic rings. The van der Waals surface area contributed by atoms with E-state index in [9.17, 15) is 20.2 Å². The number of carbonyl (C=O) groups excluding carboxylic acids is 1. The van der Waals surface area contributed by atoms with Crippen molar-refractivity contribution in [2.24, 2.45) is 0 Å². The van der Waals surface area contributed by atoms with Crippen molar-refractivity contribution >= 4 is 17.3 Å². The van der Waals surface area contributed by atoms with Crippen molar-refractivity contribution in [3.8, 4) is 29.0 Å². The summed E-state index contributed by atoms with van der Waals surface area (Å²) in [6.45, 7) is 0. The number of carbonyl (C=O) groups is 1. The van der Waals surface area contributed by atoms with Crippen LogP contribution in [-0.2, 0) is 4.74 Å². The van der Waals surface area contributed by atoms with Gasteiger partial charge in [-0.25, -0.2) is 4.79 Å². The number of hydrogen-bond donors (Lipinski definition) is 1. The molecule has 0 aliphatic carbocycles. The van der Waals surface area contributed by atoms with E-state index in [4.69, 9.17) is 19.9 Å². The number of nitro benzene ring substituents is 1. The molecule has 3 aromatic rings. The molecule has 30 heavy (non-hydrogen) atoms. The van der Waals surface area contributed by atoms with E-state index in [2.05, 4.69) is 0 Å². The summed E-state index contributed by atoms with van der Waals surface area (Å²) in [5, 5.41) is 20.7. The number of nitrogens with zero attached hydrogens (tertiary/aromatic N) is 3. The number of rotatable bonds is 6. The Morgan fingerprint density at radius 2 is 1.80 bits per heavy atom. The SMILES string of the molecule is COC(=O)c1c(N)c(C#N)cn1-c1cc(Oc2ccc(OC)cc2)cc([N+](=O)[O-])c1. The number of anilines is 1. The molecule has 2 N–H and O–H groups in total. The van der Waals surface area contributed by atoms with Gasteiger partial charge in [0.1, 0.15) is 23.3 Å². The molecule has 0 bridgehead atoms. The third-order valence-corrected chi connectivity index (χ3v) is 4.20. The first-order chi connectivity index (χ1) is 14.4. The number of hydrogen-bond acceptors (Lipinski definition) is 8.